The highest BCUT2D eigenvalue weighted by atomic mass is 32.2. The quantitative estimate of drug-likeness (QED) is 0.457. The fourth-order valence-electron chi connectivity index (χ4n) is 2.35. The van der Waals surface area contributed by atoms with E-state index in [-0.39, 0.29) is 5.91 Å². The Labute approximate surface area is 161 Å². The number of para-hydroxylation sites is 1. The van der Waals surface area contributed by atoms with Crippen molar-refractivity contribution in [3.05, 3.63) is 76.2 Å². The highest BCUT2D eigenvalue weighted by Crippen LogP contribution is 2.20. The molecule has 3 aromatic rings. The van der Waals surface area contributed by atoms with Crippen LogP contribution in [-0.4, -0.2) is 23.2 Å². The predicted octanol–water partition coefficient (Wildman–Crippen LogP) is 4.55. The van der Waals surface area contributed by atoms with Gasteiger partial charge >= 0.3 is 0 Å². The largest absolute Gasteiger partial charge is 0.486 e. The monoisotopic (exact) mass is 384 g/mol. The summed E-state index contributed by atoms with van der Waals surface area (Å²) < 4.78 is 5.81. The summed E-state index contributed by atoms with van der Waals surface area (Å²) in [5.74, 6) is 1.27. The molecule has 0 aliphatic heterocycles. The maximum Gasteiger partial charge on any atom is 0.255 e. The minimum absolute atomic E-state index is 0.122. The lowest BCUT2D eigenvalue weighted by Gasteiger charge is -2.11. The van der Waals surface area contributed by atoms with E-state index in [2.05, 4.69) is 22.4 Å². The van der Waals surface area contributed by atoms with Gasteiger partial charge in [-0.05, 0) is 31.2 Å². The summed E-state index contributed by atoms with van der Waals surface area (Å²) in [6.07, 6.45) is 0. The minimum atomic E-state index is -0.122. The molecule has 0 aliphatic carbocycles. The third-order valence-corrected chi connectivity index (χ3v) is 5.41. The fourth-order valence-corrected chi connectivity index (χ4v) is 3.74. The van der Waals surface area contributed by atoms with Gasteiger partial charge in [0.05, 0.1) is 16.3 Å². The van der Waals surface area contributed by atoms with Crippen molar-refractivity contribution in [1.29, 1.82) is 0 Å². The van der Waals surface area contributed by atoms with E-state index >= 15 is 0 Å². The topological polar surface area (TPSA) is 51.2 Å². The van der Waals surface area contributed by atoms with Crippen LogP contribution < -0.4 is 10.1 Å². The number of nitrogens with one attached hydrogen (secondary N) is 1. The highest BCUT2D eigenvalue weighted by molar-refractivity contribution is 7.99. The maximum atomic E-state index is 12.5. The number of ether oxygens (including phenoxy) is 1. The lowest BCUT2D eigenvalue weighted by atomic mass is 10.2. The molecule has 1 N–H and O–H groups in total. The Bertz CT molecular complexity index is 850. The number of nitrogens with zero attached hydrogens (tertiary/aromatic N) is 1. The van der Waals surface area contributed by atoms with E-state index in [1.54, 1.807) is 29.2 Å². The van der Waals surface area contributed by atoms with E-state index in [0.29, 0.717) is 24.5 Å². The lowest BCUT2D eigenvalue weighted by molar-refractivity contribution is 0.0951. The molecule has 0 saturated heterocycles. The van der Waals surface area contributed by atoms with Gasteiger partial charge in [0.15, 0.2) is 0 Å². The first-order valence-electron chi connectivity index (χ1n) is 8.31. The van der Waals surface area contributed by atoms with Crippen LogP contribution in [-0.2, 0) is 6.61 Å². The summed E-state index contributed by atoms with van der Waals surface area (Å²) in [5.41, 5.74) is 1.42. The summed E-state index contributed by atoms with van der Waals surface area (Å²) in [5, 5.41) is 5.93. The van der Waals surface area contributed by atoms with Crippen LogP contribution >= 0.6 is 23.1 Å². The Morgan fingerprint density at radius 1 is 1.15 bits per heavy atom. The summed E-state index contributed by atoms with van der Waals surface area (Å²) in [4.78, 5) is 18.1. The highest BCUT2D eigenvalue weighted by Gasteiger charge is 2.12. The third kappa shape index (κ3) is 5.34. The number of carbonyl (C=O) groups excluding carboxylic acids is 1. The SMILES string of the molecule is Cc1nc(COc2ccccc2C(=O)NCCSc2ccccc2)cs1. The number of thioether (sulfide) groups is 1. The average molecular weight is 385 g/mol. The van der Waals surface area contributed by atoms with Crippen molar-refractivity contribution in [3.63, 3.8) is 0 Å². The van der Waals surface area contributed by atoms with Crippen LogP contribution in [0.1, 0.15) is 21.1 Å². The van der Waals surface area contributed by atoms with E-state index in [9.17, 15) is 4.79 Å². The molecule has 0 atom stereocenters. The smallest absolute Gasteiger partial charge is 0.255 e. The number of hydrogen-bond acceptors (Lipinski definition) is 5. The summed E-state index contributed by atoms with van der Waals surface area (Å²) in [6, 6.07) is 17.4. The zero-order valence-corrected chi connectivity index (χ0v) is 16.1. The molecule has 0 spiro atoms. The van der Waals surface area contributed by atoms with Gasteiger partial charge in [0.1, 0.15) is 12.4 Å². The summed E-state index contributed by atoms with van der Waals surface area (Å²) >= 11 is 3.31. The van der Waals surface area contributed by atoms with Crippen molar-refractivity contribution >= 4 is 29.0 Å². The zero-order chi connectivity index (χ0) is 18.2. The van der Waals surface area contributed by atoms with E-state index in [1.165, 1.54) is 4.90 Å². The zero-order valence-electron chi connectivity index (χ0n) is 14.5. The van der Waals surface area contributed by atoms with Gasteiger partial charge in [-0.1, -0.05) is 30.3 Å². The second-order valence-electron chi connectivity index (χ2n) is 5.56. The molecule has 1 aromatic heterocycles. The first-order chi connectivity index (χ1) is 12.7. The number of hydrogen-bond donors (Lipinski definition) is 1. The number of rotatable bonds is 8. The van der Waals surface area contributed by atoms with Gasteiger partial charge < -0.3 is 10.1 Å². The van der Waals surface area contributed by atoms with Crippen LogP contribution in [0.25, 0.3) is 0 Å². The molecule has 4 nitrogen and oxygen atoms in total. The van der Waals surface area contributed by atoms with Crippen molar-refractivity contribution in [3.8, 4) is 5.75 Å². The van der Waals surface area contributed by atoms with Gasteiger partial charge in [0, 0.05) is 22.6 Å². The van der Waals surface area contributed by atoms with E-state index in [4.69, 9.17) is 4.74 Å². The van der Waals surface area contributed by atoms with Crippen LogP contribution in [0.5, 0.6) is 5.75 Å². The first-order valence-corrected chi connectivity index (χ1v) is 10.2. The van der Waals surface area contributed by atoms with Crippen LogP contribution in [0, 0.1) is 6.92 Å². The second kappa shape index (κ2) is 9.40. The second-order valence-corrected chi connectivity index (χ2v) is 7.79. The van der Waals surface area contributed by atoms with Crippen LogP contribution in [0.3, 0.4) is 0 Å². The number of benzene rings is 2. The van der Waals surface area contributed by atoms with Gasteiger partial charge in [0.2, 0.25) is 0 Å². The molecule has 0 unspecified atom stereocenters. The molecule has 0 fully saturated rings. The first kappa shape index (κ1) is 18.5. The Kier molecular flexibility index (Phi) is 6.68. The lowest BCUT2D eigenvalue weighted by Crippen LogP contribution is -2.26. The molecule has 2 aromatic carbocycles. The van der Waals surface area contributed by atoms with E-state index in [0.717, 1.165) is 16.5 Å². The van der Waals surface area contributed by atoms with Gasteiger partial charge in [0.25, 0.3) is 5.91 Å². The third-order valence-electron chi connectivity index (χ3n) is 3.57. The Balaban J connectivity index is 1.52. The van der Waals surface area contributed by atoms with E-state index in [1.807, 2.05) is 48.7 Å². The van der Waals surface area contributed by atoms with Crippen LogP contribution in [0.4, 0.5) is 0 Å². The van der Waals surface area contributed by atoms with Crippen molar-refractivity contribution in [2.45, 2.75) is 18.4 Å². The molecule has 1 heterocycles. The molecular formula is C20H20N2O2S2. The van der Waals surface area contributed by atoms with Gasteiger partial charge in [-0.2, -0.15) is 0 Å². The Morgan fingerprint density at radius 3 is 2.69 bits per heavy atom. The van der Waals surface area contributed by atoms with Crippen LogP contribution in [0.15, 0.2) is 64.9 Å². The van der Waals surface area contributed by atoms with Gasteiger partial charge in [-0.15, -0.1) is 23.1 Å². The molecule has 0 radical (unpaired) electrons. The fraction of sp³-hybridized carbons (Fsp3) is 0.200. The molecule has 0 aliphatic rings. The molecule has 134 valence electrons. The summed E-state index contributed by atoms with van der Waals surface area (Å²) in [7, 11) is 0. The molecule has 0 bridgehead atoms. The number of amides is 1. The standard InChI is InChI=1S/C20H20N2O2S2/c1-15-22-16(14-26-15)13-24-19-10-6-5-9-18(19)20(23)21-11-12-25-17-7-3-2-4-8-17/h2-10,14H,11-13H2,1H3,(H,21,23). The number of thiazole rings is 1. The van der Waals surface area contributed by atoms with Gasteiger partial charge in [-0.25, -0.2) is 4.98 Å². The maximum absolute atomic E-state index is 12.5. The van der Waals surface area contributed by atoms with Crippen molar-refractivity contribution in [1.82, 2.24) is 10.3 Å². The number of aromatic nitrogens is 1. The molecule has 3 rings (SSSR count). The Hall–Kier alpha value is -2.31. The molecule has 0 saturated carbocycles. The number of aryl methyl sites for hydroxylation is 1. The molecule has 1 amide bonds. The Morgan fingerprint density at radius 2 is 1.92 bits per heavy atom. The minimum Gasteiger partial charge on any atom is -0.486 e. The summed E-state index contributed by atoms with van der Waals surface area (Å²) in [6.45, 7) is 2.92. The van der Waals surface area contributed by atoms with Gasteiger partial charge in [-0.3, -0.25) is 4.79 Å². The molecular weight excluding hydrogens is 364 g/mol. The average Bonchev–Trinajstić information content (AvgIpc) is 3.10. The molecule has 6 heteroatoms. The predicted molar refractivity (Wildman–Crippen MR) is 107 cm³/mol. The van der Waals surface area contributed by atoms with Crippen LogP contribution in [0.2, 0.25) is 0 Å². The normalized spacial score (nSPS) is 10.5. The van der Waals surface area contributed by atoms with Crippen molar-refractivity contribution in [2.75, 3.05) is 12.3 Å². The number of carbonyl (C=O) groups is 1. The van der Waals surface area contributed by atoms with Crippen molar-refractivity contribution < 1.29 is 9.53 Å². The van der Waals surface area contributed by atoms with E-state index < -0.39 is 0 Å². The molecule has 26 heavy (non-hydrogen) atoms. The van der Waals surface area contributed by atoms with Crippen molar-refractivity contribution in [2.24, 2.45) is 0 Å².